The summed E-state index contributed by atoms with van der Waals surface area (Å²) in [7, 11) is 1.63. The van der Waals surface area contributed by atoms with E-state index in [0.29, 0.717) is 6.54 Å². The molecule has 2 rings (SSSR count). The minimum atomic E-state index is -0.589. The van der Waals surface area contributed by atoms with E-state index in [2.05, 4.69) is 5.32 Å². The molecule has 1 aromatic rings. The molecule has 1 unspecified atom stereocenters. The highest BCUT2D eigenvalue weighted by atomic mass is 35.5. The van der Waals surface area contributed by atoms with Crippen molar-refractivity contribution >= 4 is 29.1 Å². The molecule has 1 aromatic carbocycles. The van der Waals surface area contributed by atoms with Gasteiger partial charge in [0, 0.05) is 20.0 Å². The zero-order valence-electron chi connectivity index (χ0n) is 9.74. The van der Waals surface area contributed by atoms with E-state index in [1.165, 1.54) is 23.1 Å². The Morgan fingerprint density at radius 2 is 2.28 bits per heavy atom. The van der Waals surface area contributed by atoms with E-state index >= 15 is 0 Å². The normalized spacial score (nSPS) is 19.2. The van der Waals surface area contributed by atoms with Gasteiger partial charge in [0.15, 0.2) is 0 Å². The maximum atomic E-state index is 13.5. The fourth-order valence-electron chi connectivity index (χ4n) is 1.88. The van der Waals surface area contributed by atoms with Gasteiger partial charge in [0.05, 0.1) is 16.6 Å². The van der Waals surface area contributed by atoms with Crippen LogP contribution in [0.4, 0.5) is 10.1 Å². The van der Waals surface area contributed by atoms with Crippen molar-refractivity contribution in [1.82, 2.24) is 4.90 Å². The van der Waals surface area contributed by atoms with Gasteiger partial charge in [-0.1, -0.05) is 17.7 Å². The molecule has 1 saturated heterocycles. The Labute approximate surface area is 109 Å². The van der Waals surface area contributed by atoms with Crippen LogP contribution in [0.2, 0.25) is 5.02 Å². The molecule has 0 aromatic heterocycles. The molecule has 1 fully saturated rings. The molecule has 96 valence electrons. The molecular formula is C12H12ClFN2O2. The van der Waals surface area contributed by atoms with Crippen LogP contribution >= 0.6 is 11.6 Å². The van der Waals surface area contributed by atoms with E-state index in [1.807, 2.05) is 0 Å². The van der Waals surface area contributed by atoms with Gasteiger partial charge in [-0.25, -0.2) is 4.39 Å². The van der Waals surface area contributed by atoms with Crippen molar-refractivity contribution in [3.05, 3.63) is 29.0 Å². The van der Waals surface area contributed by atoms with Crippen LogP contribution in [0.3, 0.4) is 0 Å². The van der Waals surface area contributed by atoms with Gasteiger partial charge in [0.1, 0.15) is 5.82 Å². The third-order valence-electron chi connectivity index (χ3n) is 2.92. The summed E-state index contributed by atoms with van der Waals surface area (Å²) in [5.74, 6) is -1.53. The highest BCUT2D eigenvalue weighted by Crippen LogP contribution is 2.26. The van der Waals surface area contributed by atoms with Crippen molar-refractivity contribution in [2.75, 3.05) is 18.9 Å². The zero-order chi connectivity index (χ0) is 13.3. The molecule has 1 aliphatic heterocycles. The van der Waals surface area contributed by atoms with Crippen LogP contribution in [-0.2, 0) is 9.59 Å². The monoisotopic (exact) mass is 270 g/mol. The molecule has 0 radical (unpaired) electrons. The van der Waals surface area contributed by atoms with Crippen LogP contribution < -0.4 is 5.32 Å². The van der Waals surface area contributed by atoms with Gasteiger partial charge < -0.3 is 10.2 Å². The van der Waals surface area contributed by atoms with Crippen LogP contribution in [0.25, 0.3) is 0 Å². The Hall–Kier alpha value is -1.62. The molecule has 0 spiro atoms. The number of carbonyl (C=O) groups is 2. The molecule has 0 saturated carbocycles. The number of rotatable bonds is 2. The molecule has 2 amide bonds. The number of nitrogens with zero attached hydrogens (tertiary/aromatic N) is 1. The number of halogens is 2. The van der Waals surface area contributed by atoms with Crippen molar-refractivity contribution in [2.24, 2.45) is 5.92 Å². The molecule has 0 bridgehead atoms. The molecule has 1 heterocycles. The first-order valence-electron chi connectivity index (χ1n) is 5.48. The van der Waals surface area contributed by atoms with Crippen LogP contribution in [0.15, 0.2) is 18.2 Å². The number of hydrogen-bond donors (Lipinski definition) is 1. The van der Waals surface area contributed by atoms with Crippen LogP contribution in [0.1, 0.15) is 6.42 Å². The molecule has 0 aliphatic carbocycles. The first kappa shape index (κ1) is 12.8. The average molecular weight is 271 g/mol. The SMILES string of the molecule is CN1CC(C(=O)Nc2c(F)cccc2Cl)CC1=O. The maximum Gasteiger partial charge on any atom is 0.229 e. The predicted molar refractivity (Wildman–Crippen MR) is 65.8 cm³/mol. The fraction of sp³-hybridized carbons (Fsp3) is 0.333. The summed E-state index contributed by atoms with van der Waals surface area (Å²) in [4.78, 5) is 24.7. The second-order valence-corrected chi connectivity index (χ2v) is 4.67. The predicted octanol–water partition coefficient (Wildman–Crippen LogP) is 1.90. The van der Waals surface area contributed by atoms with E-state index in [9.17, 15) is 14.0 Å². The number of benzene rings is 1. The Bertz CT molecular complexity index is 487. The molecule has 1 N–H and O–H groups in total. The molecule has 6 heteroatoms. The van der Waals surface area contributed by atoms with E-state index < -0.39 is 11.7 Å². The summed E-state index contributed by atoms with van der Waals surface area (Å²) in [6.45, 7) is 0.344. The highest BCUT2D eigenvalue weighted by molar-refractivity contribution is 6.33. The van der Waals surface area contributed by atoms with E-state index in [0.717, 1.165) is 0 Å². The van der Waals surface area contributed by atoms with E-state index in [1.54, 1.807) is 7.05 Å². The third-order valence-corrected chi connectivity index (χ3v) is 3.24. The Morgan fingerprint density at radius 1 is 1.56 bits per heavy atom. The summed E-state index contributed by atoms with van der Waals surface area (Å²) in [6, 6.07) is 4.17. The van der Waals surface area contributed by atoms with E-state index in [4.69, 9.17) is 11.6 Å². The largest absolute Gasteiger partial charge is 0.345 e. The van der Waals surface area contributed by atoms with Crippen molar-refractivity contribution in [2.45, 2.75) is 6.42 Å². The average Bonchev–Trinajstić information content (AvgIpc) is 2.64. The topological polar surface area (TPSA) is 49.4 Å². The number of para-hydroxylation sites is 1. The van der Waals surface area contributed by atoms with Crippen LogP contribution in [-0.4, -0.2) is 30.3 Å². The molecule has 1 atom stereocenters. The number of amides is 2. The second-order valence-electron chi connectivity index (χ2n) is 4.26. The first-order valence-corrected chi connectivity index (χ1v) is 5.85. The smallest absolute Gasteiger partial charge is 0.229 e. The fourth-order valence-corrected chi connectivity index (χ4v) is 2.09. The Balaban J connectivity index is 2.11. The first-order chi connectivity index (χ1) is 8.49. The number of anilines is 1. The lowest BCUT2D eigenvalue weighted by Gasteiger charge is -2.12. The van der Waals surface area contributed by atoms with Gasteiger partial charge in [0.2, 0.25) is 11.8 Å². The summed E-state index contributed by atoms with van der Waals surface area (Å²) >= 11 is 5.81. The highest BCUT2D eigenvalue weighted by Gasteiger charge is 2.32. The van der Waals surface area contributed by atoms with Crippen molar-refractivity contribution in [1.29, 1.82) is 0 Å². The summed E-state index contributed by atoms with van der Waals surface area (Å²) in [5, 5.41) is 2.58. The summed E-state index contributed by atoms with van der Waals surface area (Å²) in [5.41, 5.74) is -0.0360. The molecule has 4 nitrogen and oxygen atoms in total. The van der Waals surface area contributed by atoms with Gasteiger partial charge in [-0.3, -0.25) is 9.59 Å². The third kappa shape index (κ3) is 2.46. The Morgan fingerprint density at radius 3 is 2.83 bits per heavy atom. The van der Waals surface area contributed by atoms with Gasteiger partial charge >= 0.3 is 0 Å². The lowest BCUT2D eigenvalue weighted by molar-refractivity contribution is -0.127. The van der Waals surface area contributed by atoms with Crippen molar-refractivity contribution < 1.29 is 14.0 Å². The van der Waals surface area contributed by atoms with Gasteiger partial charge in [-0.2, -0.15) is 0 Å². The van der Waals surface area contributed by atoms with Gasteiger partial charge in [-0.05, 0) is 12.1 Å². The van der Waals surface area contributed by atoms with Crippen LogP contribution in [0.5, 0.6) is 0 Å². The minimum Gasteiger partial charge on any atom is -0.345 e. The zero-order valence-corrected chi connectivity index (χ0v) is 10.5. The van der Waals surface area contributed by atoms with Crippen LogP contribution in [0, 0.1) is 11.7 Å². The standard InChI is InChI=1S/C12H12ClFN2O2/c1-16-6-7(5-10(16)17)12(18)15-11-8(13)3-2-4-9(11)14/h2-4,7H,5-6H2,1H3,(H,15,18). The lowest BCUT2D eigenvalue weighted by Crippen LogP contribution is -2.26. The number of nitrogens with one attached hydrogen (secondary N) is 1. The molecule has 1 aliphatic rings. The quantitative estimate of drug-likeness (QED) is 0.892. The summed E-state index contributed by atoms with van der Waals surface area (Å²) < 4.78 is 13.5. The molecular weight excluding hydrogens is 259 g/mol. The van der Waals surface area contributed by atoms with Crippen molar-refractivity contribution in [3.63, 3.8) is 0 Å². The van der Waals surface area contributed by atoms with E-state index in [-0.39, 0.29) is 28.9 Å². The maximum absolute atomic E-state index is 13.5. The summed E-state index contributed by atoms with van der Waals surface area (Å²) in [6.07, 6.45) is 0.147. The number of hydrogen-bond acceptors (Lipinski definition) is 2. The number of carbonyl (C=O) groups excluding carboxylic acids is 2. The Kier molecular flexibility index (Phi) is 3.52. The lowest BCUT2D eigenvalue weighted by atomic mass is 10.1. The number of likely N-dealkylation sites (tertiary alicyclic amines) is 1. The van der Waals surface area contributed by atoms with Crippen molar-refractivity contribution in [3.8, 4) is 0 Å². The van der Waals surface area contributed by atoms with Gasteiger partial charge in [-0.15, -0.1) is 0 Å². The second kappa shape index (κ2) is 4.94. The van der Waals surface area contributed by atoms with Gasteiger partial charge in [0.25, 0.3) is 0 Å². The minimum absolute atomic E-state index is 0.0360. The molecule has 18 heavy (non-hydrogen) atoms.